The fourth-order valence-electron chi connectivity index (χ4n) is 2.28. The van der Waals surface area contributed by atoms with Crippen molar-refractivity contribution in [2.24, 2.45) is 0 Å². The van der Waals surface area contributed by atoms with Crippen LogP contribution in [0.25, 0.3) is 0 Å². The third-order valence-electron chi connectivity index (χ3n) is 3.03. The molecule has 0 heterocycles. The van der Waals surface area contributed by atoms with Gasteiger partial charge >= 0.3 is 26.9 Å². The Morgan fingerprint density at radius 2 is 0.643 bits per heavy atom. The lowest BCUT2D eigenvalue weighted by atomic mass is 9.85. The van der Waals surface area contributed by atoms with Crippen LogP contribution in [0.4, 0.5) is 0 Å². The Morgan fingerprint density at radius 1 is 0.429 bits per heavy atom. The highest BCUT2D eigenvalue weighted by atomic mass is 32.5. The van der Waals surface area contributed by atoms with Crippen molar-refractivity contribution in [3.63, 3.8) is 0 Å². The van der Waals surface area contributed by atoms with E-state index in [-0.39, 0.29) is 0 Å². The van der Waals surface area contributed by atoms with Crippen molar-refractivity contribution in [1.29, 1.82) is 0 Å². The Bertz CT molecular complexity index is 702. The van der Waals surface area contributed by atoms with Gasteiger partial charge in [0, 0.05) is 0 Å². The molecule has 0 aromatic carbocycles. The van der Waals surface area contributed by atoms with Crippen molar-refractivity contribution in [3.8, 4) is 0 Å². The highest BCUT2D eigenvalue weighted by Crippen LogP contribution is 2.52. The molecular weight excluding hydrogens is 548 g/mol. The van der Waals surface area contributed by atoms with Crippen molar-refractivity contribution in [1.82, 2.24) is 0 Å². The molecule has 1 aliphatic carbocycles. The van der Waals surface area contributed by atoms with Crippen molar-refractivity contribution < 1.29 is 67.5 Å². The van der Waals surface area contributed by atoms with Crippen molar-refractivity contribution in [3.05, 3.63) is 0 Å². The zero-order chi connectivity index (χ0) is 22.3. The van der Waals surface area contributed by atoms with Crippen LogP contribution in [-0.4, -0.2) is 86.0 Å². The second kappa shape index (κ2) is 9.89. The molecule has 10 N–H and O–H groups in total. The van der Waals surface area contributed by atoms with Crippen LogP contribution in [0.5, 0.6) is 0 Å². The van der Waals surface area contributed by atoms with Gasteiger partial charge in [0.1, 0.15) is 36.6 Å². The first kappa shape index (κ1) is 28.1. The summed E-state index contributed by atoms with van der Waals surface area (Å²) in [7, 11) is 0. The van der Waals surface area contributed by atoms with Gasteiger partial charge in [-0.1, -0.05) is 0 Å². The summed E-state index contributed by atoms with van der Waals surface area (Å²) in [6, 6.07) is 0. The number of hydrogen-bond acceptors (Lipinski definition) is 10. The van der Waals surface area contributed by atoms with E-state index in [0.717, 1.165) is 0 Å². The Hall–Kier alpha value is 2.04. The van der Waals surface area contributed by atoms with E-state index in [4.69, 9.17) is 0 Å². The Balaban J connectivity index is 3.50. The number of hydrogen-bond donors (Lipinski definition) is 10. The van der Waals surface area contributed by atoms with Crippen molar-refractivity contribution >= 4 is 74.1 Å². The fraction of sp³-hybridized carbons (Fsp3) is 1.00. The van der Waals surface area contributed by atoms with Gasteiger partial charge in [-0.3, -0.25) is 18.1 Å². The Morgan fingerprint density at radius 3 is 0.893 bits per heavy atom. The molecule has 0 bridgehead atoms. The highest BCUT2D eigenvalue weighted by Gasteiger charge is 2.57. The van der Waals surface area contributed by atoms with Crippen molar-refractivity contribution in [2.45, 2.75) is 36.6 Å². The predicted octanol–water partition coefficient (Wildman–Crippen LogP) is -2.90. The van der Waals surface area contributed by atoms with E-state index in [2.05, 4.69) is 65.3 Å². The first-order chi connectivity index (χ1) is 12.2. The smallest absolute Gasteiger partial charge is 0.322 e. The monoisotopic (exact) mass is 564 g/mol. The van der Waals surface area contributed by atoms with Crippen LogP contribution in [0.2, 0.25) is 0 Å². The molecule has 6 atom stereocenters. The van der Waals surface area contributed by atoms with Crippen LogP contribution in [0, 0.1) is 0 Å². The maximum atomic E-state index is 10.3. The van der Waals surface area contributed by atoms with Gasteiger partial charge in [0.15, 0.2) is 0 Å². The minimum atomic E-state index is -4.63. The van der Waals surface area contributed by atoms with E-state index >= 15 is 0 Å². The highest BCUT2D eigenvalue weighted by molar-refractivity contribution is 8.07. The molecule has 28 heavy (non-hydrogen) atoms. The molecule has 0 spiro atoms. The summed E-state index contributed by atoms with van der Waals surface area (Å²) in [6.45, 7) is -18.4. The molecular formula is C6H16O14P4S4. The summed E-state index contributed by atoms with van der Waals surface area (Å²) < 4.78 is 18.6. The van der Waals surface area contributed by atoms with Crippen molar-refractivity contribution in [2.75, 3.05) is 0 Å². The van der Waals surface area contributed by atoms with E-state index in [1.165, 1.54) is 0 Å². The zero-order valence-electron chi connectivity index (χ0n) is 13.0. The summed E-state index contributed by atoms with van der Waals surface area (Å²) in [5, 5.41) is 20.7. The maximum absolute atomic E-state index is 10.3. The molecule has 0 aliphatic heterocycles. The molecule has 1 rings (SSSR count). The van der Waals surface area contributed by atoms with Gasteiger partial charge in [-0.25, -0.2) is 0 Å². The molecule has 1 fully saturated rings. The van der Waals surface area contributed by atoms with Crippen LogP contribution in [0.1, 0.15) is 0 Å². The summed E-state index contributed by atoms with van der Waals surface area (Å²) in [6.07, 6.45) is -12.9. The first-order valence-electron chi connectivity index (χ1n) is 6.52. The number of aliphatic hydroxyl groups is 2. The van der Waals surface area contributed by atoms with Crippen LogP contribution in [0.3, 0.4) is 0 Å². The van der Waals surface area contributed by atoms with Crippen LogP contribution in [-0.2, 0) is 65.3 Å². The first-order valence-corrected chi connectivity index (χ1v) is 17.0. The van der Waals surface area contributed by atoms with Gasteiger partial charge < -0.3 is 49.4 Å². The molecule has 22 heteroatoms. The molecule has 0 amide bonds. The van der Waals surface area contributed by atoms with Crippen LogP contribution >= 0.6 is 26.9 Å². The lowest BCUT2D eigenvalue weighted by Gasteiger charge is -2.47. The lowest BCUT2D eigenvalue weighted by Crippen LogP contribution is -2.65. The average Bonchev–Trinajstić information content (AvgIpc) is 2.39. The van der Waals surface area contributed by atoms with Gasteiger partial charge in [-0.15, -0.1) is 0 Å². The third kappa shape index (κ3) is 9.67. The number of rotatable bonds is 8. The van der Waals surface area contributed by atoms with E-state index < -0.39 is 63.5 Å². The minimum Gasteiger partial charge on any atom is -0.387 e. The molecule has 1 saturated carbocycles. The fourth-order valence-corrected chi connectivity index (χ4v) is 5.71. The lowest BCUT2D eigenvalue weighted by molar-refractivity contribution is -0.203. The summed E-state index contributed by atoms with van der Waals surface area (Å²) in [4.78, 5) is 75.0. The summed E-state index contributed by atoms with van der Waals surface area (Å²) in [5.41, 5.74) is 0. The van der Waals surface area contributed by atoms with Crippen LogP contribution in [0.15, 0.2) is 0 Å². The second-order valence-corrected chi connectivity index (χ2v) is 15.7. The number of aliphatic hydroxyl groups excluding tert-OH is 2. The molecule has 1 aliphatic rings. The molecule has 0 aromatic heterocycles. The predicted molar refractivity (Wildman–Crippen MR) is 106 cm³/mol. The molecule has 0 radical (unpaired) electrons. The maximum Gasteiger partial charge on any atom is 0.322 e. The second-order valence-electron chi connectivity index (χ2n) is 5.22. The normalized spacial score (nSPS) is 33.1. The van der Waals surface area contributed by atoms with E-state index in [1.807, 2.05) is 0 Å². The Labute approximate surface area is 177 Å². The minimum absolute atomic E-state index is 2.10. The van der Waals surface area contributed by atoms with Gasteiger partial charge in [0.2, 0.25) is 0 Å². The quantitative estimate of drug-likeness (QED) is 0.133. The zero-order valence-corrected chi connectivity index (χ0v) is 19.8. The standard InChI is InChI=1S/C6H16O14P4S4/c7-1-3(17-21(9,10)25)2(8)5(19-23(13,14)27)6(20-24(15,16)28)4(1)18-22(11,12)26/h1-8H,(H2,9,10,25)(H2,11,12,26)(H2,13,14,27)(H2,15,16,28)/t1-,2-,3?,4-,5+,6?/m1/s1. The largest absolute Gasteiger partial charge is 0.387 e. The van der Waals surface area contributed by atoms with Crippen LogP contribution < -0.4 is 0 Å². The summed E-state index contributed by atoms with van der Waals surface area (Å²) >= 11 is 17.0. The molecule has 0 aromatic rings. The van der Waals surface area contributed by atoms with Gasteiger partial charge in [0.25, 0.3) is 0 Å². The summed E-state index contributed by atoms with van der Waals surface area (Å²) in [5.74, 6) is 0. The van der Waals surface area contributed by atoms with E-state index in [0.29, 0.717) is 0 Å². The molecule has 0 saturated heterocycles. The topological polar surface area (TPSA) is 239 Å². The Kier molecular flexibility index (Phi) is 9.92. The molecule has 14 nitrogen and oxygen atoms in total. The third-order valence-corrected chi connectivity index (χ3v) is 6.14. The van der Waals surface area contributed by atoms with E-state index in [9.17, 15) is 49.4 Å². The van der Waals surface area contributed by atoms with Gasteiger partial charge in [-0.2, -0.15) is 0 Å². The molecule has 168 valence electrons. The van der Waals surface area contributed by atoms with E-state index in [1.54, 1.807) is 0 Å². The van der Waals surface area contributed by atoms with Gasteiger partial charge in [0.05, 0.1) is 0 Å². The average molecular weight is 564 g/mol. The molecule has 2 unspecified atom stereocenters. The SMILES string of the molecule is O[C@@H]1C(OP(O)(O)=S)[C@@H](O)[C@@H](OP(O)(O)=S)C(OP(O)(O)=S)[C@H]1OP(O)(O)=S. The van der Waals surface area contributed by atoms with Gasteiger partial charge in [-0.05, 0) is 47.2 Å².